The van der Waals surface area contributed by atoms with Gasteiger partial charge in [-0.3, -0.25) is 9.79 Å². The summed E-state index contributed by atoms with van der Waals surface area (Å²) in [7, 11) is 0. The number of hydrazone groups is 1. The van der Waals surface area contributed by atoms with E-state index in [4.69, 9.17) is 0 Å². The molecule has 0 fully saturated rings. The highest BCUT2D eigenvalue weighted by molar-refractivity contribution is 6.23. The van der Waals surface area contributed by atoms with Crippen molar-refractivity contribution in [3.05, 3.63) is 60.2 Å². The minimum absolute atomic E-state index is 0.0685. The second-order valence-electron chi connectivity index (χ2n) is 5.27. The van der Waals surface area contributed by atoms with E-state index >= 15 is 0 Å². The Labute approximate surface area is 129 Å². The number of carbonyl (C=O) groups excluding carboxylic acids is 1. The van der Waals surface area contributed by atoms with Crippen molar-refractivity contribution in [3.8, 4) is 0 Å². The summed E-state index contributed by atoms with van der Waals surface area (Å²) in [6, 6.07) is 17.3. The molecular formula is C18H17N3O. The Kier molecular flexibility index (Phi) is 3.83. The largest absolute Gasteiger partial charge is 0.271 e. The summed E-state index contributed by atoms with van der Waals surface area (Å²) in [5.41, 5.74) is 3.49. The first-order chi connectivity index (χ1) is 10.7. The average Bonchev–Trinajstić information content (AvgIpc) is 2.82. The highest BCUT2D eigenvalue weighted by atomic mass is 16.2. The Morgan fingerprint density at radius 3 is 2.45 bits per heavy atom. The molecule has 0 aliphatic carbocycles. The monoisotopic (exact) mass is 291 g/mol. The van der Waals surface area contributed by atoms with Crippen molar-refractivity contribution < 1.29 is 4.79 Å². The zero-order valence-electron chi connectivity index (χ0n) is 12.6. The molecule has 0 unspecified atom stereocenters. The smallest absolute Gasteiger partial charge is 0.261 e. The third kappa shape index (κ3) is 2.68. The molecule has 4 nitrogen and oxygen atoms in total. The number of nitrogens with zero attached hydrogens (tertiary/aromatic N) is 3. The van der Waals surface area contributed by atoms with E-state index in [1.807, 2.05) is 68.4 Å². The molecular weight excluding hydrogens is 274 g/mol. The van der Waals surface area contributed by atoms with Crippen molar-refractivity contribution in [1.29, 1.82) is 0 Å². The molecule has 1 aliphatic rings. The van der Waals surface area contributed by atoms with Crippen LogP contribution in [0.4, 0.5) is 11.4 Å². The summed E-state index contributed by atoms with van der Waals surface area (Å²) in [6.45, 7) is 3.86. The molecule has 1 aliphatic heterocycles. The Morgan fingerprint density at radius 2 is 1.73 bits per heavy atom. The zero-order chi connectivity index (χ0) is 15.5. The molecule has 3 rings (SSSR count). The predicted molar refractivity (Wildman–Crippen MR) is 89.9 cm³/mol. The van der Waals surface area contributed by atoms with E-state index in [1.165, 1.54) is 5.01 Å². The van der Waals surface area contributed by atoms with Gasteiger partial charge in [-0.25, -0.2) is 0 Å². The third-order valence-electron chi connectivity index (χ3n) is 3.66. The van der Waals surface area contributed by atoms with Crippen molar-refractivity contribution in [3.63, 3.8) is 0 Å². The molecule has 1 heterocycles. The molecule has 2 aromatic rings. The maximum absolute atomic E-state index is 12.5. The Bertz CT molecular complexity index is 750. The van der Waals surface area contributed by atoms with Crippen molar-refractivity contribution in [2.75, 3.05) is 5.01 Å². The molecule has 1 atom stereocenters. The second kappa shape index (κ2) is 5.93. The molecule has 22 heavy (non-hydrogen) atoms. The third-order valence-corrected chi connectivity index (χ3v) is 3.66. The maximum Gasteiger partial charge on any atom is 0.261 e. The van der Waals surface area contributed by atoms with E-state index in [9.17, 15) is 4.79 Å². The lowest BCUT2D eigenvalue weighted by Gasteiger charge is -2.12. The van der Waals surface area contributed by atoms with Crippen LogP contribution in [0.2, 0.25) is 0 Å². The van der Waals surface area contributed by atoms with Gasteiger partial charge < -0.3 is 0 Å². The number of rotatable bonds is 3. The predicted octanol–water partition coefficient (Wildman–Crippen LogP) is 3.74. The van der Waals surface area contributed by atoms with Gasteiger partial charge in [-0.15, -0.1) is 0 Å². The van der Waals surface area contributed by atoms with E-state index in [1.54, 1.807) is 6.21 Å². The SMILES string of the molecule is CC1=NN(c2ccccc2)C(=O)[C@H]1C=Nc1ccccc1C. The van der Waals surface area contributed by atoms with E-state index in [0.29, 0.717) is 0 Å². The van der Waals surface area contributed by atoms with E-state index in [0.717, 1.165) is 22.6 Å². The van der Waals surface area contributed by atoms with Crippen molar-refractivity contribution in [2.24, 2.45) is 16.0 Å². The van der Waals surface area contributed by atoms with Crippen LogP contribution in [0.25, 0.3) is 0 Å². The maximum atomic E-state index is 12.5. The summed E-state index contributed by atoms with van der Waals surface area (Å²) in [6.07, 6.45) is 1.69. The number of aliphatic imine (C=N–C) groups is 1. The van der Waals surface area contributed by atoms with Gasteiger partial charge in [0.2, 0.25) is 0 Å². The van der Waals surface area contributed by atoms with Gasteiger partial charge in [0.25, 0.3) is 5.91 Å². The lowest BCUT2D eigenvalue weighted by molar-refractivity contribution is -0.118. The van der Waals surface area contributed by atoms with Crippen LogP contribution in [0.3, 0.4) is 0 Å². The summed E-state index contributed by atoms with van der Waals surface area (Å²) >= 11 is 0. The summed E-state index contributed by atoms with van der Waals surface area (Å²) < 4.78 is 0. The second-order valence-corrected chi connectivity index (χ2v) is 5.27. The van der Waals surface area contributed by atoms with E-state index in [-0.39, 0.29) is 5.91 Å². The normalized spacial score (nSPS) is 18.1. The Balaban J connectivity index is 1.83. The molecule has 0 spiro atoms. The number of benzene rings is 2. The van der Waals surface area contributed by atoms with Crippen LogP contribution in [-0.4, -0.2) is 17.8 Å². The first kappa shape index (κ1) is 14.2. The first-order valence-electron chi connectivity index (χ1n) is 7.21. The summed E-state index contributed by atoms with van der Waals surface area (Å²) in [5.74, 6) is -0.471. The highest BCUT2D eigenvalue weighted by Crippen LogP contribution is 2.24. The van der Waals surface area contributed by atoms with Gasteiger partial charge in [0.15, 0.2) is 0 Å². The Morgan fingerprint density at radius 1 is 1.05 bits per heavy atom. The fourth-order valence-corrected chi connectivity index (χ4v) is 2.37. The molecule has 4 heteroatoms. The van der Waals surface area contributed by atoms with Crippen LogP contribution in [-0.2, 0) is 4.79 Å². The summed E-state index contributed by atoms with van der Waals surface area (Å²) in [4.78, 5) is 17.0. The minimum atomic E-state index is -0.403. The van der Waals surface area contributed by atoms with E-state index in [2.05, 4.69) is 10.1 Å². The number of hydrogen-bond donors (Lipinski definition) is 0. The number of amides is 1. The van der Waals surface area contributed by atoms with Crippen molar-refractivity contribution in [2.45, 2.75) is 13.8 Å². The van der Waals surface area contributed by atoms with Crippen molar-refractivity contribution in [1.82, 2.24) is 0 Å². The molecule has 0 saturated carbocycles. The number of aryl methyl sites for hydroxylation is 1. The highest BCUT2D eigenvalue weighted by Gasteiger charge is 2.33. The molecule has 1 amide bonds. The number of anilines is 1. The van der Waals surface area contributed by atoms with Gasteiger partial charge in [0, 0.05) is 6.21 Å². The van der Waals surface area contributed by atoms with Crippen LogP contribution in [0.15, 0.2) is 64.7 Å². The van der Waals surface area contributed by atoms with Gasteiger partial charge in [-0.05, 0) is 37.6 Å². The van der Waals surface area contributed by atoms with Gasteiger partial charge in [0.1, 0.15) is 5.92 Å². The van der Waals surface area contributed by atoms with Gasteiger partial charge in [0.05, 0.1) is 17.1 Å². The fraction of sp³-hybridized carbons (Fsp3) is 0.167. The average molecular weight is 291 g/mol. The fourth-order valence-electron chi connectivity index (χ4n) is 2.37. The number of para-hydroxylation sites is 2. The molecule has 0 radical (unpaired) electrons. The lowest BCUT2D eigenvalue weighted by atomic mass is 10.1. The van der Waals surface area contributed by atoms with Gasteiger partial charge >= 0.3 is 0 Å². The van der Waals surface area contributed by atoms with Gasteiger partial charge in [-0.1, -0.05) is 36.4 Å². The van der Waals surface area contributed by atoms with Crippen LogP contribution in [0.1, 0.15) is 12.5 Å². The topological polar surface area (TPSA) is 45.0 Å². The van der Waals surface area contributed by atoms with Crippen LogP contribution in [0.5, 0.6) is 0 Å². The lowest BCUT2D eigenvalue weighted by Crippen LogP contribution is -2.27. The standard InChI is InChI=1S/C18H17N3O/c1-13-8-6-7-11-17(13)19-12-16-14(2)20-21(18(16)22)15-9-4-3-5-10-15/h3-12,16H,1-2H3/t16-/m0/s1. The molecule has 110 valence electrons. The Hall–Kier alpha value is -2.75. The minimum Gasteiger partial charge on any atom is -0.271 e. The van der Waals surface area contributed by atoms with Crippen LogP contribution >= 0.6 is 0 Å². The summed E-state index contributed by atoms with van der Waals surface area (Å²) in [5, 5.41) is 5.81. The molecule has 0 aromatic heterocycles. The molecule has 2 aromatic carbocycles. The van der Waals surface area contributed by atoms with Crippen LogP contribution < -0.4 is 5.01 Å². The molecule has 0 saturated heterocycles. The molecule has 0 N–H and O–H groups in total. The van der Waals surface area contributed by atoms with E-state index < -0.39 is 5.92 Å². The molecule has 0 bridgehead atoms. The van der Waals surface area contributed by atoms with Crippen molar-refractivity contribution >= 4 is 29.2 Å². The van der Waals surface area contributed by atoms with Gasteiger partial charge in [-0.2, -0.15) is 10.1 Å². The first-order valence-corrected chi connectivity index (χ1v) is 7.21. The number of hydrogen-bond acceptors (Lipinski definition) is 3. The number of carbonyl (C=O) groups is 1. The quantitative estimate of drug-likeness (QED) is 0.795. The van der Waals surface area contributed by atoms with Crippen LogP contribution in [0, 0.1) is 12.8 Å². The zero-order valence-corrected chi connectivity index (χ0v) is 12.6.